The van der Waals surface area contributed by atoms with Crippen LogP contribution < -0.4 is 11.0 Å². The van der Waals surface area contributed by atoms with Gasteiger partial charge in [0, 0.05) is 19.0 Å². The van der Waals surface area contributed by atoms with Gasteiger partial charge in [0.2, 0.25) is 0 Å². The molecule has 2 N–H and O–H groups in total. The quantitative estimate of drug-likeness (QED) is 0.568. The van der Waals surface area contributed by atoms with Crippen molar-refractivity contribution in [2.24, 2.45) is 0 Å². The van der Waals surface area contributed by atoms with Crippen molar-refractivity contribution in [3.05, 3.63) is 22.9 Å². The summed E-state index contributed by atoms with van der Waals surface area (Å²) in [6, 6.07) is 1.70. The Bertz CT molecular complexity index is 577. The molecule has 0 aromatic carbocycles. The third kappa shape index (κ3) is 2.03. The molecule has 0 bridgehead atoms. The molecule has 16 heavy (non-hydrogen) atoms. The second-order valence-electron chi connectivity index (χ2n) is 3.27. The summed E-state index contributed by atoms with van der Waals surface area (Å²) < 4.78 is 1.34. The number of nitrogens with one attached hydrogen (secondary N) is 2. The molecule has 2 aromatic heterocycles. The van der Waals surface area contributed by atoms with E-state index in [0.717, 1.165) is 19.4 Å². The first-order valence-corrected chi connectivity index (χ1v) is 4.91. The Morgan fingerprint density at radius 2 is 2.50 bits per heavy atom. The normalized spacial score (nSPS) is 10.2. The van der Waals surface area contributed by atoms with E-state index in [2.05, 4.69) is 26.4 Å². The number of hydrogen-bond acceptors (Lipinski definition) is 4. The van der Waals surface area contributed by atoms with Gasteiger partial charge in [-0.1, -0.05) is 0 Å². The molecule has 2 heterocycles. The van der Waals surface area contributed by atoms with E-state index in [1.165, 1.54) is 10.7 Å². The fourth-order valence-corrected chi connectivity index (χ4v) is 1.31. The van der Waals surface area contributed by atoms with Crippen molar-refractivity contribution in [1.29, 1.82) is 0 Å². The first-order valence-electron chi connectivity index (χ1n) is 4.91. The van der Waals surface area contributed by atoms with Gasteiger partial charge in [0.25, 0.3) is 0 Å². The molecule has 0 saturated carbocycles. The number of unbranched alkanes of at least 4 members (excludes halogenated alkanes) is 1. The van der Waals surface area contributed by atoms with E-state index in [4.69, 9.17) is 6.42 Å². The number of rotatable bonds is 4. The molecule has 0 spiro atoms. The van der Waals surface area contributed by atoms with E-state index >= 15 is 0 Å². The maximum atomic E-state index is 11.2. The largest absolute Gasteiger partial charge is 0.370 e. The molecule has 0 aliphatic rings. The Hall–Kier alpha value is -2.29. The standard InChI is InChI=1S/C10H11N5O/c1-2-3-4-5-11-8-6-9-13-14-10(16)15(9)7-12-8/h1,6-7,11H,3-5H2,(H,14,16). The van der Waals surface area contributed by atoms with Crippen LogP contribution in [0.5, 0.6) is 0 Å². The van der Waals surface area contributed by atoms with Crippen LogP contribution in [0.15, 0.2) is 17.2 Å². The van der Waals surface area contributed by atoms with Gasteiger partial charge in [0.15, 0.2) is 5.65 Å². The second-order valence-corrected chi connectivity index (χ2v) is 3.27. The molecular formula is C10H11N5O. The molecule has 0 aliphatic heterocycles. The Labute approximate surface area is 91.7 Å². The highest BCUT2D eigenvalue weighted by molar-refractivity contribution is 5.48. The lowest BCUT2D eigenvalue weighted by atomic mass is 10.3. The second kappa shape index (κ2) is 4.49. The van der Waals surface area contributed by atoms with Gasteiger partial charge in [-0.3, -0.25) is 0 Å². The zero-order chi connectivity index (χ0) is 11.4. The number of terminal acetylenes is 1. The smallest absolute Gasteiger partial charge is 0.348 e. The fraction of sp³-hybridized carbons (Fsp3) is 0.300. The number of anilines is 1. The minimum Gasteiger partial charge on any atom is -0.370 e. The first-order chi connectivity index (χ1) is 7.81. The molecule has 0 saturated heterocycles. The summed E-state index contributed by atoms with van der Waals surface area (Å²) in [5, 5.41) is 9.28. The van der Waals surface area contributed by atoms with E-state index in [0.29, 0.717) is 11.5 Å². The lowest BCUT2D eigenvalue weighted by molar-refractivity contribution is 0.897. The number of H-pyrrole nitrogens is 1. The van der Waals surface area contributed by atoms with Crippen LogP contribution in [0, 0.1) is 12.3 Å². The van der Waals surface area contributed by atoms with Crippen LogP contribution in [0.2, 0.25) is 0 Å². The summed E-state index contributed by atoms with van der Waals surface area (Å²) in [4.78, 5) is 15.2. The first kappa shape index (κ1) is 10.2. The zero-order valence-electron chi connectivity index (χ0n) is 8.60. The lowest BCUT2D eigenvalue weighted by Gasteiger charge is -2.03. The van der Waals surface area contributed by atoms with Crippen molar-refractivity contribution < 1.29 is 0 Å². The maximum absolute atomic E-state index is 11.2. The molecule has 2 rings (SSSR count). The van der Waals surface area contributed by atoms with Crippen LogP contribution >= 0.6 is 0 Å². The molecule has 82 valence electrons. The van der Waals surface area contributed by atoms with Crippen molar-refractivity contribution in [3.8, 4) is 12.3 Å². The molecule has 6 heteroatoms. The van der Waals surface area contributed by atoms with Crippen LogP contribution in [-0.4, -0.2) is 26.1 Å². The minimum atomic E-state index is -0.290. The van der Waals surface area contributed by atoms with Crippen molar-refractivity contribution in [3.63, 3.8) is 0 Å². The number of aromatic amines is 1. The molecule has 6 nitrogen and oxygen atoms in total. The zero-order valence-corrected chi connectivity index (χ0v) is 8.60. The lowest BCUT2D eigenvalue weighted by Crippen LogP contribution is -2.10. The predicted octanol–water partition coefficient (Wildman–Crippen LogP) is 0.243. The van der Waals surface area contributed by atoms with Gasteiger partial charge in [-0.25, -0.2) is 19.3 Å². The molecule has 0 radical (unpaired) electrons. The van der Waals surface area contributed by atoms with Gasteiger partial charge >= 0.3 is 5.69 Å². The average molecular weight is 217 g/mol. The summed E-state index contributed by atoms with van der Waals surface area (Å²) in [6.45, 7) is 0.752. The van der Waals surface area contributed by atoms with Crippen LogP contribution in [-0.2, 0) is 0 Å². The van der Waals surface area contributed by atoms with Crippen LogP contribution in [0.3, 0.4) is 0 Å². The molecule has 0 fully saturated rings. The van der Waals surface area contributed by atoms with Crippen molar-refractivity contribution >= 4 is 11.5 Å². The topological polar surface area (TPSA) is 75.1 Å². The Balaban J connectivity index is 2.09. The fourth-order valence-electron chi connectivity index (χ4n) is 1.31. The molecule has 0 unspecified atom stereocenters. The van der Waals surface area contributed by atoms with E-state index in [-0.39, 0.29) is 5.69 Å². The summed E-state index contributed by atoms with van der Waals surface area (Å²) in [5.41, 5.74) is 0.251. The van der Waals surface area contributed by atoms with E-state index < -0.39 is 0 Å². The average Bonchev–Trinajstić information content (AvgIpc) is 2.66. The monoisotopic (exact) mass is 217 g/mol. The maximum Gasteiger partial charge on any atom is 0.348 e. The van der Waals surface area contributed by atoms with Crippen molar-refractivity contribution in [2.75, 3.05) is 11.9 Å². The molecule has 0 atom stereocenters. The molecule has 2 aromatic rings. The molecule has 0 aliphatic carbocycles. The summed E-state index contributed by atoms with van der Waals surface area (Å²) in [7, 11) is 0. The van der Waals surface area contributed by atoms with Crippen LogP contribution in [0.1, 0.15) is 12.8 Å². The molecule has 0 amide bonds. The Morgan fingerprint density at radius 3 is 3.31 bits per heavy atom. The Morgan fingerprint density at radius 1 is 1.62 bits per heavy atom. The van der Waals surface area contributed by atoms with Gasteiger partial charge in [-0.05, 0) is 6.42 Å². The Kier molecular flexibility index (Phi) is 2.87. The molecular weight excluding hydrogens is 206 g/mol. The van der Waals surface area contributed by atoms with Crippen LogP contribution in [0.4, 0.5) is 5.82 Å². The van der Waals surface area contributed by atoms with Gasteiger partial charge in [0.05, 0.1) is 0 Å². The van der Waals surface area contributed by atoms with Gasteiger partial charge in [-0.2, -0.15) is 5.10 Å². The summed E-state index contributed by atoms with van der Waals surface area (Å²) in [6.07, 6.45) is 8.19. The van der Waals surface area contributed by atoms with E-state index in [9.17, 15) is 4.79 Å². The number of nitrogens with zero attached hydrogens (tertiary/aromatic N) is 3. The van der Waals surface area contributed by atoms with E-state index in [1.54, 1.807) is 6.07 Å². The summed E-state index contributed by atoms with van der Waals surface area (Å²) >= 11 is 0. The number of fused-ring (bicyclic) bond motifs is 1. The highest BCUT2D eigenvalue weighted by atomic mass is 16.1. The minimum absolute atomic E-state index is 0.290. The van der Waals surface area contributed by atoms with Gasteiger partial charge in [-0.15, -0.1) is 12.3 Å². The van der Waals surface area contributed by atoms with Crippen molar-refractivity contribution in [1.82, 2.24) is 19.6 Å². The number of aromatic nitrogens is 4. The third-order valence-electron chi connectivity index (χ3n) is 2.11. The van der Waals surface area contributed by atoms with E-state index in [1.807, 2.05) is 0 Å². The highest BCUT2D eigenvalue weighted by Crippen LogP contribution is 2.04. The highest BCUT2D eigenvalue weighted by Gasteiger charge is 2.01. The SMILES string of the molecule is C#CCCCNc1cc2n[nH]c(=O)n2cn1. The third-order valence-corrected chi connectivity index (χ3v) is 2.11. The predicted molar refractivity (Wildman–Crippen MR) is 60.2 cm³/mol. The van der Waals surface area contributed by atoms with Crippen molar-refractivity contribution in [2.45, 2.75) is 12.8 Å². The van der Waals surface area contributed by atoms with Gasteiger partial charge < -0.3 is 5.32 Å². The van der Waals surface area contributed by atoms with Crippen LogP contribution in [0.25, 0.3) is 5.65 Å². The summed E-state index contributed by atoms with van der Waals surface area (Å²) in [5.74, 6) is 3.25. The van der Waals surface area contributed by atoms with Gasteiger partial charge in [0.1, 0.15) is 12.1 Å². The number of hydrogen-bond donors (Lipinski definition) is 2.